The number of amides is 1. The summed E-state index contributed by atoms with van der Waals surface area (Å²) in [5.41, 5.74) is 7.14. The van der Waals surface area contributed by atoms with Gasteiger partial charge in [0, 0.05) is 18.3 Å². The first kappa shape index (κ1) is 18.5. The highest BCUT2D eigenvalue weighted by Crippen LogP contribution is 2.31. The van der Waals surface area contributed by atoms with Crippen molar-refractivity contribution in [2.45, 2.75) is 31.8 Å². The lowest BCUT2D eigenvalue weighted by Gasteiger charge is -2.35. The van der Waals surface area contributed by atoms with Gasteiger partial charge in [-0.05, 0) is 25.3 Å². The first-order chi connectivity index (χ1) is 9.79. The van der Waals surface area contributed by atoms with Crippen LogP contribution >= 0.6 is 24.8 Å². The lowest BCUT2D eigenvalue weighted by atomic mass is 9.97. The fraction of sp³-hybridized carbons (Fsp3) is 0.429. The smallest absolute Gasteiger partial charge is 0.257 e. The van der Waals surface area contributed by atoms with Gasteiger partial charge in [0.1, 0.15) is 12.0 Å². The first-order valence-electron chi connectivity index (χ1n) is 6.86. The van der Waals surface area contributed by atoms with E-state index in [1.807, 2.05) is 11.1 Å². The second-order valence-electron chi connectivity index (χ2n) is 5.05. The fourth-order valence-corrected chi connectivity index (χ4v) is 2.73. The molecule has 3 N–H and O–H groups in total. The number of aromatic nitrogens is 2. The molecule has 1 aliphatic heterocycles. The van der Waals surface area contributed by atoms with E-state index in [0.717, 1.165) is 31.4 Å². The molecule has 1 amide bonds. The Balaban J connectivity index is 0.00000121. The van der Waals surface area contributed by atoms with E-state index in [2.05, 4.69) is 10.2 Å². The summed E-state index contributed by atoms with van der Waals surface area (Å²) in [5.74, 6) is 0.629. The molecule has 1 unspecified atom stereocenters. The van der Waals surface area contributed by atoms with E-state index in [1.165, 1.54) is 6.26 Å². The van der Waals surface area contributed by atoms with Gasteiger partial charge in [0.05, 0.1) is 24.3 Å². The number of likely N-dealkylation sites (tertiary alicyclic amines) is 1. The Morgan fingerprint density at radius 2 is 2.27 bits per heavy atom. The SMILES string of the molecule is Cl.Cl.NCc1cc(C(=O)N2CCCCC2c2cn[nH]c2)co1. The number of furan rings is 1. The third-order valence-corrected chi connectivity index (χ3v) is 3.77. The van der Waals surface area contributed by atoms with Gasteiger partial charge in [0.15, 0.2) is 0 Å². The lowest BCUT2D eigenvalue weighted by molar-refractivity contribution is 0.0611. The van der Waals surface area contributed by atoms with E-state index >= 15 is 0 Å². The minimum Gasteiger partial charge on any atom is -0.467 e. The Kier molecular flexibility index (Phi) is 6.93. The van der Waals surface area contributed by atoms with Gasteiger partial charge < -0.3 is 15.1 Å². The molecule has 0 bridgehead atoms. The molecular weight excluding hydrogens is 327 g/mol. The van der Waals surface area contributed by atoms with Gasteiger partial charge in [-0.3, -0.25) is 9.89 Å². The minimum absolute atomic E-state index is 0. The molecule has 22 heavy (non-hydrogen) atoms. The molecule has 8 heteroatoms. The molecule has 0 saturated carbocycles. The Hall–Kier alpha value is -1.50. The number of carbonyl (C=O) groups is 1. The molecule has 6 nitrogen and oxygen atoms in total. The Bertz CT molecular complexity index is 585. The zero-order valence-electron chi connectivity index (χ0n) is 12.0. The molecule has 2 aromatic heterocycles. The molecule has 0 aromatic carbocycles. The number of carbonyl (C=O) groups excluding carboxylic acids is 1. The summed E-state index contributed by atoms with van der Waals surface area (Å²) in [6.07, 6.45) is 8.26. The van der Waals surface area contributed by atoms with Crippen molar-refractivity contribution in [3.05, 3.63) is 41.6 Å². The second-order valence-corrected chi connectivity index (χ2v) is 5.05. The molecule has 1 fully saturated rings. The summed E-state index contributed by atoms with van der Waals surface area (Å²) in [4.78, 5) is 14.5. The average molecular weight is 347 g/mol. The predicted octanol–water partition coefficient (Wildman–Crippen LogP) is 2.67. The Morgan fingerprint density at radius 3 is 2.91 bits per heavy atom. The van der Waals surface area contributed by atoms with E-state index in [9.17, 15) is 4.79 Å². The zero-order chi connectivity index (χ0) is 13.9. The van der Waals surface area contributed by atoms with Crippen molar-refractivity contribution < 1.29 is 9.21 Å². The van der Waals surface area contributed by atoms with Crippen LogP contribution in [0, 0.1) is 0 Å². The summed E-state index contributed by atoms with van der Waals surface area (Å²) in [5, 5.41) is 6.80. The van der Waals surface area contributed by atoms with Crippen molar-refractivity contribution >= 4 is 30.7 Å². The van der Waals surface area contributed by atoms with Crippen LogP contribution in [-0.2, 0) is 6.54 Å². The number of hydrogen-bond donors (Lipinski definition) is 2. The van der Waals surface area contributed by atoms with Crippen LogP contribution in [0.15, 0.2) is 29.1 Å². The summed E-state index contributed by atoms with van der Waals surface area (Å²) < 4.78 is 5.26. The van der Waals surface area contributed by atoms with Crippen molar-refractivity contribution in [1.29, 1.82) is 0 Å². The van der Waals surface area contributed by atoms with Gasteiger partial charge in [0.2, 0.25) is 0 Å². The highest BCUT2D eigenvalue weighted by Gasteiger charge is 2.29. The number of piperidine rings is 1. The molecule has 0 spiro atoms. The Labute approximate surface area is 141 Å². The van der Waals surface area contributed by atoms with Crippen LogP contribution in [-0.4, -0.2) is 27.5 Å². The maximum Gasteiger partial charge on any atom is 0.257 e. The van der Waals surface area contributed by atoms with E-state index in [-0.39, 0.29) is 36.8 Å². The average Bonchev–Trinajstić information content (AvgIpc) is 3.17. The quantitative estimate of drug-likeness (QED) is 0.893. The molecule has 122 valence electrons. The van der Waals surface area contributed by atoms with Crippen LogP contribution in [0.4, 0.5) is 0 Å². The third-order valence-electron chi connectivity index (χ3n) is 3.77. The number of hydrogen-bond acceptors (Lipinski definition) is 4. The number of nitrogens with two attached hydrogens (primary N) is 1. The van der Waals surface area contributed by atoms with Crippen molar-refractivity contribution in [1.82, 2.24) is 15.1 Å². The van der Waals surface area contributed by atoms with Crippen molar-refractivity contribution in [2.75, 3.05) is 6.54 Å². The van der Waals surface area contributed by atoms with Crippen LogP contribution in [0.25, 0.3) is 0 Å². The third kappa shape index (κ3) is 3.63. The normalized spacial score (nSPS) is 17.5. The van der Waals surface area contributed by atoms with Gasteiger partial charge >= 0.3 is 0 Å². The van der Waals surface area contributed by atoms with Gasteiger partial charge in [0.25, 0.3) is 5.91 Å². The van der Waals surface area contributed by atoms with Gasteiger partial charge in [-0.25, -0.2) is 0 Å². The Morgan fingerprint density at radius 1 is 1.45 bits per heavy atom. The monoisotopic (exact) mass is 346 g/mol. The number of H-pyrrole nitrogens is 1. The maximum absolute atomic E-state index is 12.6. The number of nitrogens with one attached hydrogen (secondary N) is 1. The molecule has 3 heterocycles. The predicted molar refractivity (Wildman–Crippen MR) is 87.3 cm³/mol. The van der Waals surface area contributed by atoms with E-state index in [1.54, 1.807) is 12.3 Å². The van der Waals surface area contributed by atoms with Crippen molar-refractivity contribution in [2.24, 2.45) is 5.73 Å². The topological polar surface area (TPSA) is 88.2 Å². The van der Waals surface area contributed by atoms with Gasteiger partial charge in [-0.15, -0.1) is 24.8 Å². The number of halogens is 2. The van der Waals surface area contributed by atoms with Crippen molar-refractivity contribution in [3.8, 4) is 0 Å². The summed E-state index contributed by atoms with van der Waals surface area (Å²) in [7, 11) is 0. The molecule has 1 aliphatic rings. The molecule has 2 aromatic rings. The molecule has 3 rings (SSSR count). The number of nitrogens with zero attached hydrogens (tertiary/aromatic N) is 2. The van der Waals surface area contributed by atoms with E-state index in [4.69, 9.17) is 10.2 Å². The molecule has 1 atom stereocenters. The van der Waals surface area contributed by atoms with Crippen LogP contribution in [0.3, 0.4) is 0 Å². The highest BCUT2D eigenvalue weighted by atomic mass is 35.5. The fourth-order valence-electron chi connectivity index (χ4n) is 2.73. The summed E-state index contributed by atoms with van der Waals surface area (Å²) >= 11 is 0. The summed E-state index contributed by atoms with van der Waals surface area (Å²) in [6.45, 7) is 1.07. The van der Waals surface area contributed by atoms with Crippen LogP contribution in [0.5, 0.6) is 0 Å². The minimum atomic E-state index is -0.000602. The molecule has 1 saturated heterocycles. The molecule has 0 aliphatic carbocycles. The van der Waals surface area contributed by atoms with Crippen molar-refractivity contribution in [3.63, 3.8) is 0 Å². The summed E-state index contributed by atoms with van der Waals surface area (Å²) in [6, 6.07) is 1.81. The highest BCUT2D eigenvalue weighted by molar-refractivity contribution is 5.94. The van der Waals surface area contributed by atoms with Crippen LogP contribution in [0.2, 0.25) is 0 Å². The zero-order valence-corrected chi connectivity index (χ0v) is 13.7. The van der Waals surface area contributed by atoms with Gasteiger partial charge in [-0.1, -0.05) is 0 Å². The lowest BCUT2D eigenvalue weighted by Crippen LogP contribution is -2.38. The van der Waals surface area contributed by atoms with E-state index < -0.39 is 0 Å². The largest absolute Gasteiger partial charge is 0.467 e. The first-order valence-corrected chi connectivity index (χ1v) is 6.86. The molecule has 0 radical (unpaired) electrons. The maximum atomic E-state index is 12.6. The van der Waals surface area contributed by atoms with Crippen LogP contribution < -0.4 is 5.73 Å². The van der Waals surface area contributed by atoms with E-state index in [0.29, 0.717) is 17.9 Å². The standard InChI is InChI=1S/C14H18N4O2.2ClH/c15-6-12-5-10(9-20-12)14(19)18-4-2-1-3-13(18)11-7-16-17-8-11;;/h5,7-9,13H,1-4,6,15H2,(H,16,17);2*1H. The molecular formula is C14H20Cl2N4O2. The van der Waals surface area contributed by atoms with Gasteiger partial charge in [-0.2, -0.15) is 5.10 Å². The van der Waals surface area contributed by atoms with Crippen LogP contribution in [0.1, 0.15) is 47.0 Å². The second kappa shape index (κ2) is 8.22. The number of aromatic amines is 1. The number of rotatable bonds is 3.